The van der Waals surface area contributed by atoms with Gasteiger partial charge in [-0.3, -0.25) is 19.1 Å². The molecule has 1 saturated heterocycles. The Hall–Kier alpha value is -4.98. The second-order valence-corrected chi connectivity index (χ2v) is 19.8. The highest BCUT2D eigenvalue weighted by molar-refractivity contribution is 7.91. The number of alkyl carbamates (subject to hydrolysis) is 1. The molecule has 1 aliphatic heterocycles. The van der Waals surface area contributed by atoms with Crippen molar-refractivity contribution >= 4 is 44.6 Å². The van der Waals surface area contributed by atoms with E-state index in [0.29, 0.717) is 18.7 Å². The molecule has 0 spiro atoms. The third-order valence-electron chi connectivity index (χ3n) is 10.8. The van der Waals surface area contributed by atoms with Gasteiger partial charge >= 0.3 is 6.09 Å². The van der Waals surface area contributed by atoms with E-state index < -0.39 is 73.6 Å². The minimum Gasteiger partial charge on any atom is -0.472 e. The molecule has 0 bridgehead atoms. The van der Waals surface area contributed by atoms with E-state index in [-0.39, 0.29) is 37.8 Å². The number of aromatic nitrogens is 1. The topological polar surface area (TPSA) is 173 Å². The Morgan fingerprint density at radius 3 is 2.30 bits per heavy atom. The van der Waals surface area contributed by atoms with Crippen LogP contribution in [-0.2, 0) is 35.6 Å². The maximum atomic E-state index is 14.6. The molecule has 0 radical (unpaired) electrons. The van der Waals surface area contributed by atoms with Gasteiger partial charge in [0.05, 0.1) is 17.9 Å². The van der Waals surface area contributed by atoms with Crippen molar-refractivity contribution in [3.8, 4) is 5.88 Å². The molecule has 3 fully saturated rings. The molecule has 13 nitrogen and oxygen atoms in total. The average Bonchev–Trinajstić information content (AvgIpc) is 4.04. The maximum absolute atomic E-state index is 14.6. The lowest BCUT2D eigenvalue weighted by molar-refractivity contribution is -0.142. The second kappa shape index (κ2) is 15.2. The van der Waals surface area contributed by atoms with Gasteiger partial charge < -0.3 is 25.0 Å². The first-order chi connectivity index (χ1) is 26.3. The number of fused-ring (bicyclic) bond motifs is 1. The Balaban J connectivity index is 1.25. The smallest absolute Gasteiger partial charge is 0.407 e. The van der Waals surface area contributed by atoms with Crippen LogP contribution in [0.3, 0.4) is 0 Å². The van der Waals surface area contributed by atoms with Crippen LogP contribution in [0.4, 0.5) is 4.79 Å². The minimum absolute atomic E-state index is 0.0305. The predicted octanol–water partition coefficient (Wildman–Crippen LogP) is 5.05. The molecular weight excluding hydrogens is 735 g/mol. The minimum atomic E-state index is -4.14. The Labute approximate surface area is 329 Å². The molecule has 14 heteroatoms. The molecule has 3 N–H and O–H groups in total. The van der Waals surface area contributed by atoms with Crippen molar-refractivity contribution in [1.82, 2.24) is 25.2 Å². The quantitative estimate of drug-likeness (QED) is 0.201. The summed E-state index contributed by atoms with van der Waals surface area (Å²) in [5.74, 6) is -2.28. The third kappa shape index (κ3) is 8.69. The molecule has 5 atom stereocenters. The van der Waals surface area contributed by atoms with Crippen LogP contribution in [-0.4, -0.2) is 83.7 Å². The van der Waals surface area contributed by atoms with Gasteiger partial charge in [-0.2, -0.15) is 0 Å². The van der Waals surface area contributed by atoms with E-state index in [0.717, 1.165) is 16.3 Å². The number of carbonyl (C=O) groups is 4. The van der Waals surface area contributed by atoms with Crippen LogP contribution < -0.4 is 20.1 Å². The normalized spacial score (nSPS) is 23.4. The van der Waals surface area contributed by atoms with Crippen molar-refractivity contribution in [3.63, 3.8) is 0 Å². The lowest BCUT2D eigenvalue weighted by Crippen LogP contribution is -2.60. The van der Waals surface area contributed by atoms with Crippen molar-refractivity contribution in [2.75, 3.05) is 13.2 Å². The number of carbonyl (C=O) groups excluding carboxylic acids is 4. The molecule has 2 aromatic carbocycles. The van der Waals surface area contributed by atoms with Gasteiger partial charge in [0.15, 0.2) is 0 Å². The highest BCUT2D eigenvalue weighted by atomic mass is 32.2. The molecule has 56 heavy (non-hydrogen) atoms. The van der Waals surface area contributed by atoms with E-state index in [1.807, 2.05) is 81.4 Å². The number of amides is 4. The molecule has 2 heterocycles. The van der Waals surface area contributed by atoms with Gasteiger partial charge in [0.25, 0.3) is 5.91 Å². The Morgan fingerprint density at radius 1 is 1.00 bits per heavy atom. The van der Waals surface area contributed by atoms with Crippen molar-refractivity contribution in [2.24, 2.45) is 16.7 Å². The van der Waals surface area contributed by atoms with Crippen LogP contribution in [0.25, 0.3) is 10.8 Å². The maximum Gasteiger partial charge on any atom is 0.407 e. The van der Waals surface area contributed by atoms with Gasteiger partial charge in [-0.1, -0.05) is 96.1 Å². The van der Waals surface area contributed by atoms with Gasteiger partial charge in [-0.05, 0) is 59.6 Å². The largest absolute Gasteiger partial charge is 0.472 e. The molecule has 4 amide bonds. The number of nitrogens with one attached hydrogen (secondary N) is 3. The predicted molar refractivity (Wildman–Crippen MR) is 212 cm³/mol. The second-order valence-electron chi connectivity index (χ2n) is 17.7. The van der Waals surface area contributed by atoms with Gasteiger partial charge in [0.1, 0.15) is 23.7 Å². The summed E-state index contributed by atoms with van der Waals surface area (Å²) in [6, 6.07) is 16.4. The van der Waals surface area contributed by atoms with Crippen molar-refractivity contribution in [1.29, 1.82) is 0 Å². The molecule has 3 aliphatic rings. The lowest BCUT2D eigenvalue weighted by Gasteiger charge is -2.35. The van der Waals surface area contributed by atoms with E-state index in [2.05, 4.69) is 26.9 Å². The fourth-order valence-corrected chi connectivity index (χ4v) is 8.92. The number of rotatable bonds is 13. The molecule has 2 aliphatic carbocycles. The van der Waals surface area contributed by atoms with E-state index in [1.165, 1.54) is 11.0 Å². The van der Waals surface area contributed by atoms with Crippen molar-refractivity contribution < 1.29 is 37.1 Å². The number of ether oxygens (including phenoxy) is 2. The number of benzene rings is 2. The first-order valence-corrected chi connectivity index (χ1v) is 20.6. The van der Waals surface area contributed by atoms with Crippen molar-refractivity contribution in [2.45, 2.75) is 102 Å². The summed E-state index contributed by atoms with van der Waals surface area (Å²) < 4.78 is 40.5. The van der Waals surface area contributed by atoms with Gasteiger partial charge in [-0.15, -0.1) is 6.58 Å². The fourth-order valence-electron chi connectivity index (χ4n) is 7.28. The molecule has 2 saturated carbocycles. The number of nitrogens with zero attached hydrogens (tertiary/aromatic N) is 2. The summed E-state index contributed by atoms with van der Waals surface area (Å²) in [6.45, 7) is 15.0. The number of pyridine rings is 1. The van der Waals surface area contributed by atoms with Crippen LogP contribution in [0.1, 0.15) is 72.8 Å². The van der Waals surface area contributed by atoms with Crippen LogP contribution in [0.5, 0.6) is 5.88 Å². The molecule has 300 valence electrons. The van der Waals surface area contributed by atoms with Crippen LogP contribution in [0.15, 0.2) is 79.5 Å². The average molecular weight is 788 g/mol. The number of likely N-dealkylation sites (tertiary alicyclic amines) is 1. The Morgan fingerprint density at radius 2 is 1.68 bits per heavy atom. The zero-order valence-electron chi connectivity index (χ0n) is 33.0. The highest BCUT2D eigenvalue weighted by Gasteiger charge is 2.63. The van der Waals surface area contributed by atoms with Crippen LogP contribution in [0, 0.1) is 16.7 Å². The van der Waals surface area contributed by atoms with E-state index in [9.17, 15) is 27.6 Å². The summed E-state index contributed by atoms with van der Waals surface area (Å²) in [5, 5.41) is 7.22. The van der Waals surface area contributed by atoms with E-state index in [4.69, 9.17) is 9.47 Å². The first kappa shape index (κ1) is 40.7. The van der Waals surface area contributed by atoms with E-state index in [1.54, 1.807) is 27.0 Å². The monoisotopic (exact) mass is 787 g/mol. The third-order valence-corrected chi connectivity index (χ3v) is 12.9. The molecule has 0 unspecified atom stereocenters. The summed E-state index contributed by atoms with van der Waals surface area (Å²) in [5.41, 5.74) is -1.88. The number of hydrogen-bond acceptors (Lipinski definition) is 9. The Bertz CT molecular complexity index is 2100. The van der Waals surface area contributed by atoms with Gasteiger partial charge in [-0.25, -0.2) is 18.2 Å². The SMILES string of the molecule is C=C[C@@H]1C[C@]1(NC(=O)[C@@H]1C[C@@H](Oc2nccc3ccccc23)CN1C(=O)[C@@H](NC(=O)OCC(C)(C)C)C(C)(C)C)C(=O)NS(=O)(=O)C1(Cc2ccccc2)CC1. The zero-order valence-corrected chi connectivity index (χ0v) is 33.8. The van der Waals surface area contributed by atoms with Crippen molar-refractivity contribution in [3.05, 3.63) is 85.1 Å². The summed E-state index contributed by atoms with van der Waals surface area (Å²) >= 11 is 0. The number of sulfonamides is 1. The van der Waals surface area contributed by atoms with Gasteiger partial charge in [0, 0.05) is 23.9 Å². The van der Waals surface area contributed by atoms with Gasteiger partial charge in [0.2, 0.25) is 27.7 Å². The first-order valence-electron chi connectivity index (χ1n) is 19.1. The summed E-state index contributed by atoms with van der Waals surface area (Å²) in [7, 11) is -4.14. The molecule has 6 rings (SSSR count). The van der Waals surface area contributed by atoms with Crippen LogP contribution >= 0.6 is 0 Å². The molecule has 3 aromatic rings. The molecular formula is C42H53N5O8S. The van der Waals surface area contributed by atoms with Crippen LogP contribution in [0.2, 0.25) is 0 Å². The standard InChI is InChI=1S/C42H53N5O8S/c1-8-29-24-42(29,37(50)46-56(52,53)41(19-20-41)23-27-14-10-9-11-15-27)45-34(48)32-22-30(55-35-31-17-13-12-16-28(31)18-21-43-35)25-47(32)36(49)33(40(5,6)7)44-38(51)54-26-39(2,3)4/h8-18,21,29-30,32-33H,1,19-20,22-26H2,2-7H3,(H,44,51)(H,45,48)(H,46,50)/t29-,30-,32+,33-,42-/m1/s1. The summed E-state index contributed by atoms with van der Waals surface area (Å²) in [6.07, 6.45) is 2.86. The number of hydrogen-bond donors (Lipinski definition) is 3. The summed E-state index contributed by atoms with van der Waals surface area (Å²) in [4.78, 5) is 61.9. The lowest BCUT2D eigenvalue weighted by atomic mass is 9.85. The Kier molecular flexibility index (Phi) is 11.0. The molecule has 1 aromatic heterocycles. The highest BCUT2D eigenvalue weighted by Crippen LogP contribution is 2.48. The zero-order chi connectivity index (χ0) is 40.7. The fraction of sp³-hybridized carbons (Fsp3) is 0.500. The van der Waals surface area contributed by atoms with E-state index >= 15 is 0 Å².